The van der Waals surface area contributed by atoms with E-state index in [1.54, 1.807) is 111 Å². The Balaban J connectivity index is 2.03. The van der Waals surface area contributed by atoms with Crippen molar-refractivity contribution < 1.29 is 71.4 Å². The van der Waals surface area contributed by atoms with Gasteiger partial charge in [0.15, 0.2) is 17.5 Å². The maximum atomic E-state index is 13.2. The van der Waals surface area contributed by atoms with Gasteiger partial charge in [-0.1, -0.05) is 24.3 Å². The number of hydrogen-bond donors (Lipinski definition) is 3. The molecule has 63 heavy (non-hydrogen) atoms. The molecule has 0 saturated carbocycles. The van der Waals surface area contributed by atoms with Crippen molar-refractivity contribution in [1.82, 2.24) is 16.0 Å². The van der Waals surface area contributed by atoms with E-state index in [9.17, 15) is 28.8 Å². The summed E-state index contributed by atoms with van der Waals surface area (Å²) in [5.74, 6) is -1.41. The van der Waals surface area contributed by atoms with Gasteiger partial charge in [0.25, 0.3) is 0 Å². The van der Waals surface area contributed by atoms with Gasteiger partial charge in [0.05, 0.1) is 28.4 Å². The monoisotopic (exact) mass is 881 g/mol. The van der Waals surface area contributed by atoms with Crippen LogP contribution in [0.3, 0.4) is 0 Å². The quantitative estimate of drug-likeness (QED) is 0.0954. The number of nitrogens with one attached hydrogen (secondary N) is 3. The SMILES string of the molecule is COC(=O)[C@H](Cc1ccc(Oc2cc([C@@H](NC(=O)OC(C)(C)C)C(=O)OC)cc(Oc3ccc(C[C@H](NC(=O)OC(C)(C)C)C(=O)OC)cc3)c2OC)cc1)NC(=O)OC(C)(C)C. The van der Waals surface area contributed by atoms with Crippen LogP contribution in [0.4, 0.5) is 14.4 Å². The predicted molar refractivity (Wildman–Crippen MR) is 228 cm³/mol. The van der Waals surface area contributed by atoms with Gasteiger partial charge in [-0.2, -0.15) is 0 Å². The molecular formula is C45H59N3O15. The Bertz CT molecular complexity index is 1950. The van der Waals surface area contributed by atoms with E-state index in [1.165, 1.54) is 33.5 Å². The number of carbonyl (C=O) groups excluding carboxylic acids is 6. The van der Waals surface area contributed by atoms with Crippen molar-refractivity contribution in [3.05, 3.63) is 77.4 Å². The van der Waals surface area contributed by atoms with E-state index < -0.39 is 71.1 Å². The van der Waals surface area contributed by atoms with Crippen LogP contribution >= 0.6 is 0 Å². The topological polar surface area (TPSA) is 222 Å². The molecule has 0 aliphatic carbocycles. The van der Waals surface area contributed by atoms with Crippen molar-refractivity contribution >= 4 is 36.2 Å². The maximum Gasteiger partial charge on any atom is 0.408 e. The third-order valence-corrected chi connectivity index (χ3v) is 8.21. The first-order valence-corrected chi connectivity index (χ1v) is 19.8. The highest BCUT2D eigenvalue weighted by atomic mass is 16.6. The van der Waals surface area contributed by atoms with Gasteiger partial charge in [-0.15, -0.1) is 0 Å². The molecule has 3 rings (SSSR count). The van der Waals surface area contributed by atoms with Crippen LogP contribution in [0, 0.1) is 0 Å². The molecule has 0 aliphatic heterocycles. The fourth-order valence-corrected chi connectivity index (χ4v) is 5.62. The Morgan fingerprint density at radius 1 is 0.492 bits per heavy atom. The van der Waals surface area contributed by atoms with Crippen LogP contribution in [0.1, 0.15) is 85.0 Å². The number of hydrogen-bond acceptors (Lipinski definition) is 15. The summed E-state index contributed by atoms with van der Waals surface area (Å²) < 4.78 is 49.3. The van der Waals surface area contributed by atoms with Crippen LogP contribution in [-0.2, 0) is 55.6 Å². The zero-order valence-electron chi connectivity index (χ0n) is 38.0. The Labute approximate surface area is 367 Å². The van der Waals surface area contributed by atoms with Crippen molar-refractivity contribution in [2.75, 3.05) is 28.4 Å². The second-order valence-electron chi connectivity index (χ2n) is 17.0. The molecule has 0 radical (unpaired) electrons. The van der Waals surface area contributed by atoms with E-state index >= 15 is 0 Å². The molecule has 3 N–H and O–H groups in total. The third-order valence-electron chi connectivity index (χ3n) is 8.21. The highest BCUT2D eigenvalue weighted by Gasteiger charge is 2.31. The zero-order valence-corrected chi connectivity index (χ0v) is 38.0. The number of esters is 3. The molecular weight excluding hydrogens is 823 g/mol. The van der Waals surface area contributed by atoms with Gasteiger partial charge in [-0.25, -0.2) is 28.8 Å². The van der Waals surface area contributed by atoms with Crippen LogP contribution in [0.15, 0.2) is 60.7 Å². The molecule has 3 aromatic rings. The highest BCUT2D eigenvalue weighted by molar-refractivity contribution is 5.84. The minimum atomic E-state index is -1.41. The van der Waals surface area contributed by atoms with E-state index in [2.05, 4.69) is 16.0 Å². The molecule has 0 unspecified atom stereocenters. The summed E-state index contributed by atoms with van der Waals surface area (Å²) in [6.45, 7) is 15.2. The van der Waals surface area contributed by atoms with Crippen LogP contribution < -0.4 is 30.2 Å². The summed E-state index contributed by atoms with van der Waals surface area (Å²) in [6.07, 6.45) is -2.36. The number of benzene rings is 3. The van der Waals surface area contributed by atoms with Gasteiger partial charge in [0.1, 0.15) is 40.4 Å². The van der Waals surface area contributed by atoms with Gasteiger partial charge in [-0.05, 0) is 115 Å². The zero-order chi connectivity index (χ0) is 47.3. The minimum Gasteiger partial charge on any atom is -0.490 e. The summed E-state index contributed by atoms with van der Waals surface area (Å²) in [4.78, 5) is 76.3. The number of methoxy groups -OCH3 is 4. The summed E-state index contributed by atoms with van der Waals surface area (Å²) in [7, 11) is 4.96. The van der Waals surface area contributed by atoms with Gasteiger partial charge in [0, 0.05) is 12.8 Å². The molecule has 0 fully saturated rings. The number of ether oxygens (including phenoxy) is 9. The van der Waals surface area contributed by atoms with Gasteiger partial charge >= 0.3 is 36.2 Å². The molecule has 0 aromatic heterocycles. The molecule has 0 aliphatic rings. The van der Waals surface area contributed by atoms with Gasteiger partial charge < -0.3 is 58.6 Å². The van der Waals surface area contributed by atoms with E-state index in [1.807, 2.05) is 0 Å². The molecule has 3 aromatic carbocycles. The van der Waals surface area contributed by atoms with E-state index in [4.69, 9.17) is 42.6 Å². The number of amides is 3. The molecule has 18 nitrogen and oxygen atoms in total. The van der Waals surface area contributed by atoms with E-state index in [-0.39, 0.29) is 47.2 Å². The Morgan fingerprint density at radius 2 is 0.825 bits per heavy atom. The lowest BCUT2D eigenvalue weighted by atomic mass is 10.0. The first kappa shape index (κ1) is 50.6. The van der Waals surface area contributed by atoms with Crippen LogP contribution in [0.5, 0.6) is 28.7 Å². The maximum absolute atomic E-state index is 13.2. The fourth-order valence-electron chi connectivity index (χ4n) is 5.62. The molecule has 0 bridgehead atoms. The van der Waals surface area contributed by atoms with Gasteiger partial charge in [-0.3, -0.25) is 0 Å². The summed E-state index contributed by atoms with van der Waals surface area (Å²) in [5, 5.41) is 7.64. The highest BCUT2D eigenvalue weighted by Crippen LogP contribution is 2.44. The van der Waals surface area contributed by atoms with Crippen molar-refractivity contribution in [1.29, 1.82) is 0 Å². The second-order valence-corrected chi connectivity index (χ2v) is 17.0. The average Bonchev–Trinajstić information content (AvgIpc) is 3.17. The van der Waals surface area contributed by atoms with Crippen molar-refractivity contribution in [3.8, 4) is 28.7 Å². The summed E-state index contributed by atoms with van der Waals surface area (Å²) >= 11 is 0. The molecule has 18 heteroatoms. The Kier molecular flexibility index (Phi) is 17.6. The first-order chi connectivity index (χ1) is 29.3. The van der Waals surface area contributed by atoms with E-state index in [0.717, 1.165) is 7.11 Å². The number of carbonyl (C=O) groups is 6. The van der Waals surface area contributed by atoms with Crippen molar-refractivity contribution in [3.63, 3.8) is 0 Å². The Morgan fingerprint density at radius 3 is 1.13 bits per heavy atom. The van der Waals surface area contributed by atoms with Crippen LogP contribution in [-0.4, -0.2) is 93.5 Å². The van der Waals surface area contributed by atoms with E-state index in [0.29, 0.717) is 11.1 Å². The number of rotatable bonds is 16. The molecule has 344 valence electrons. The third kappa shape index (κ3) is 16.9. The first-order valence-electron chi connectivity index (χ1n) is 19.8. The van der Waals surface area contributed by atoms with Crippen molar-refractivity contribution in [2.24, 2.45) is 0 Å². The predicted octanol–water partition coefficient (Wildman–Crippen LogP) is 7.24. The lowest BCUT2D eigenvalue weighted by Gasteiger charge is -2.24. The normalized spacial score (nSPS) is 12.8. The molecule has 3 atom stereocenters. The largest absolute Gasteiger partial charge is 0.490 e. The average molecular weight is 882 g/mol. The minimum absolute atomic E-state index is 0.0578. The Hall–Kier alpha value is -6.72. The lowest BCUT2D eigenvalue weighted by Crippen LogP contribution is -2.45. The lowest BCUT2D eigenvalue weighted by molar-refractivity contribution is -0.144. The molecule has 0 saturated heterocycles. The molecule has 0 spiro atoms. The van der Waals surface area contributed by atoms with Crippen LogP contribution in [0.2, 0.25) is 0 Å². The summed E-state index contributed by atoms with van der Waals surface area (Å²) in [5.41, 5.74) is -1.05. The van der Waals surface area contributed by atoms with Crippen molar-refractivity contribution in [2.45, 2.75) is 110 Å². The van der Waals surface area contributed by atoms with Gasteiger partial charge in [0.2, 0.25) is 5.75 Å². The summed E-state index contributed by atoms with van der Waals surface area (Å²) in [6, 6.07) is 12.5. The fraction of sp³-hybridized carbons (Fsp3) is 0.467. The smallest absolute Gasteiger partial charge is 0.408 e. The number of alkyl carbamates (subject to hydrolysis) is 3. The second kappa shape index (κ2) is 21.9. The standard InChI is InChI=1S/C45H59N3O15/c1-43(2,3)61-40(52)46-31(37(49)56-11)22-26-14-18-29(19-15-26)59-33-24-28(35(39(51)58-13)48-42(54)63-45(7,8)9)25-34(36(33)55-10)60-30-20-16-27(17-21-30)23-32(38(50)57-12)47-41(53)62-44(4,5)6/h14-21,24-25,31-32,35H,22-23H2,1-13H3,(H,46,52)(H,47,53)(H,48,54)/t31-,32-,35+/m0/s1. The molecule has 0 heterocycles. The molecule has 3 amide bonds. The van der Waals surface area contributed by atoms with Crippen LogP contribution in [0.25, 0.3) is 0 Å².